The van der Waals surface area contributed by atoms with E-state index in [1.165, 1.54) is 0 Å². The maximum absolute atomic E-state index is 11.1. The van der Waals surface area contributed by atoms with E-state index >= 15 is 0 Å². The molecular formula is C13H19NO3. The molecule has 0 amide bonds. The normalized spacial score (nSPS) is 10.2. The zero-order valence-electron chi connectivity index (χ0n) is 10.1. The van der Waals surface area contributed by atoms with E-state index in [4.69, 9.17) is 10.2 Å². The highest BCUT2D eigenvalue weighted by Crippen LogP contribution is 2.20. The first-order valence-electron chi connectivity index (χ1n) is 5.88. The van der Waals surface area contributed by atoms with Crippen molar-refractivity contribution in [1.82, 2.24) is 0 Å². The fraction of sp³-hybridized carbons (Fsp3) is 0.462. The minimum atomic E-state index is -0.931. The highest BCUT2D eigenvalue weighted by atomic mass is 16.4. The average Bonchev–Trinajstić information content (AvgIpc) is 2.34. The van der Waals surface area contributed by atoms with Crippen molar-refractivity contribution >= 4 is 11.7 Å². The summed E-state index contributed by atoms with van der Waals surface area (Å²) in [6, 6.07) is 6.91. The fourth-order valence-electron chi connectivity index (χ4n) is 1.75. The van der Waals surface area contributed by atoms with Gasteiger partial charge in [-0.15, -0.1) is 0 Å². The van der Waals surface area contributed by atoms with E-state index < -0.39 is 5.97 Å². The van der Waals surface area contributed by atoms with Crippen LogP contribution in [0, 0.1) is 0 Å². The summed E-state index contributed by atoms with van der Waals surface area (Å²) in [6.07, 6.45) is 2.02. The predicted octanol–water partition coefficient (Wildman–Crippen LogP) is 1.98. The Balaban J connectivity index is 2.95. The molecular weight excluding hydrogens is 218 g/mol. The maximum atomic E-state index is 11.1. The van der Waals surface area contributed by atoms with Crippen molar-refractivity contribution in [3.63, 3.8) is 0 Å². The summed E-state index contributed by atoms with van der Waals surface area (Å²) in [7, 11) is 0. The lowest BCUT2D eigenvalue weighted by atomic mass is 10.1. The predicted molar refractivity (Wildman–Crippen MR) is 67.6 cm³/mol. The molecule has 1 aromatic rings. The van der Waals surface area contributed by atoms with Gasteiger partial charge in [0.1, 0.15) is 0 Å². The van der Waals surface area contributed by atoms with Crippen LogP contribution in [0.25, 0.3) is 0 Å². The van der Waals surface area contributed by atoms with Crippen LogP contribution < -0.4 is 4.90 Å². The van der Waals surface area contributed by atoms with E-state index in [1.54, 1.807) is 18.2 Å². The molecule has 1 aromatic carbocycles. The fourth-order valence-corrected chi connectivity index (χ4v) is 1.75. The number of hydrogen-bond donors (Lipinski definition) is 2. The minimum Gasteiger partial charge on any atom is -0.478 e. The summed E-state index contributed by atoms with van der Waals surface area (Å²) in [6.45, 7) is 3.34. The summed E-state index contributed by atoms with van der Waals surface area (Å²) in [4.78, 5) is 13.0. The molecule has 0 heterocycles. The number of hydrogen-bond acceptors (Lipinski definition) is 3. The van der Waals surface area contributed by atoms with Gasteiger partial charge in [0.05, 0.1) is 17.9 Å². The Kier molecular flexibility index (Phi) is 5.49. The minimum absolute atomic E-state index is 0.0255. The molecule has 0 aromatic heterocycles. The zero-order valence-corrected chi connectivity index (χ0v) is 10.1. The highest BCUT2D eigenvalue weighted by Gasteiger charge is 2.14. The molecule has 0 saturated heterocycles. The molecule has 0 atom stereocenters. The van der Waals surface area contributed by atoms with Crippen molar-refractivity contribution in [2.45, 2.75) is 19.8 Å². The van der Waals surface area contributed by atoms with Crippen molar-refractivity contribution in [1.29, 1.82) is 0 Å². The van der Waals surface area contributed by atoms with Crippen molar-refractivity contribution in [2.24, 2.45) is 0 Å². The van der Waals surface area contributed by atoms with Crippen LogP contribution in [-0.4, -0.2) is 35.9 Å². The van der Waals surface area contributed by atoms with Crippen molar-refractivity contribution < 1.29 is 15.0 Å². The molecule has 1 rings (SSSR count). The molecule has 0 unspecified atom stereocenters. The molecule has 0 bridgehead atoms. The first kappa shape index (κ1) is 13.5. The molecule has 94 valence electrons. The lowest BCUT2D eigenvalue weighted by Crippen LogP contribution is -2.29. The van der Waals surface area contributed by atoms with E-state index in [0.717, 1.165) is 19.4 Å². The summed E-state index contributed by atoms with van der Waals surface area (Å²) in [5.74, 6) is -0.931. The topological polar surface area (TPSA) is 60.8 Å². The number of aromatic carboxylic acids is 1. The summed E-state index contributed by atoms with van der Waals surface area (Å²) in [5, 5.41) is 18.2. The molecule has 4 nitrogen and oxygen atoms in total. The smallest absolute Gasteiger partial charge is 0.337 e. The lowest BCUT2D eigenvalue weighted by molar-refractivity contribution is 0.0697. The zero-order chi connectivity index (χ0) is 12.7. The quantitative estimate of drug-likeness (QED) is 0.761. The van der Waals surface area contributed by atoms with Gasteiger partial charge in [0, 0.05) is 13.1 Å². The Morgan fingerprint density at radius 3 is 2.59 bits per heavy atom. The van der Waals surface area contributed by atoms with Gasteiger partial charge >= 0.3 is 5.97 Å². The maximum Gasteiger partial charge on any atom is 0.337 e. The van der Waals surface area contributed by atoms with Crippen LogP contribution >= 0.6 is 0 Å². The third-order valence-corrected chi connectivity index (χ3v) is 2.63. The van der Waals surface area contributed by atoms with Gasteiger partial charge in [-0.3, -0.25) is 0 Å². The molecule has 0 aliphatic carbocycles. The van der Waals surface area contributed by atoms with E-state index in [-0.39, 0.29) is 12.2 Å². The van der Waals surface area contributed by atoms with Gasteiger partial charge in [-0.1, -0.05) is 25.5 Å². The van der Waals surface area contributed by atoms with Crippen LogP contribution in [0.3, 0.4) is 0 Å². The van der Waals surface area contributed by atoms with Crippen LogP contribution in [0.15, 0.2) is 24.3 Å². The second kappa shape index (κ2) is 6.91. The van der Waals surface area contributed by atoms with Crippen LogP contribution in [-0.2, 0) is 0 Å². The van der Waals surface area contributed by atoms with Gasteiger partial charge in [0.15, 0.2) is 0 Å². The monoisotopic (exact) mass is 237 g/mol. The van der Waals surface area contributed by atoms with Crippen molar-refractivity contribution in [2.75, 3.05) is 24.6 Å². The van der Waals surface area contributed by atoms with Gasteiger partial charge in [-0.25, -0.2) is 4.79 Å². The number of unbranched alkanes of at least 4 members (excludes halogenated alkanes) is 1. The number of benzene rings is 1. The Hall–Kier alpha value is -1.55. The number of rotatable bonds is 7. The molecule has 17 heavy (non-hydrogen) atoms. The van der Waals surface area contributed by atoms with Gasteiger partial charge < -0.3 is 15.1 Å². The molecule has 4 heteroatoms. The second-order valence-electron chi connectivity index (χ2n) is 3.89. The van der Waals surface area contributed by atoms with Crippen molar-refractivity contribution in [3.05, 3.63) is 29.8 Å². The standard InChI is InChI=1S/C13H19NO3/c1-2-3-8-14(9-10-15)12-7-5-4-6-11(12)13(16)17/h4-7,15H,2-3,8-10H2,1H3,(H,16,17). The van der Waals surface area contributed by atoms with Gasteiger partial charge in [0.2, 0.25) is 0 Å². The Morgan fingerprint density at radius 1 is 1.29 bits per heavy atom. The number of anilines is 1. The molecule has 0 spiro atoms. The van der Waals surface area contributed by atoms with Crippen molar-refractivity contribution in [3.8, 4) is 0 Å². The molecule has 0 aliphatic heterocycles. The lowest BCUT2D eigenvalue weighted by Gasteiger charge is -2.25. The number of nitrogens with zero attached hydrogens (tertiary/aromatic N) is 1. The highest BCUT2D eigenvalue weighted by molar-refractivity contribution is 5.94. The summed E-state index contributed by atoms with van der Waals surface area (Å²) in [5.41, 5.74) is 0.972. The summed E-state index contributed by atoms with van der Waals surface area (Å²) < 4.78 is 0. The van der Waals surface area contributed by atoms with Crippen LogP contribution in [0.2, 0.25) is 0 Å². The third kappa shape index (κ3) is 3.75. The van der Waals surface area contributed by atoms with E-state index in [0.29, 0.717) is 12.2 Å². The number of carboxylic acids is 1. The third-order valence-electron chi connectivity index (χ3n) is 2.63. The Bertz CT molecular complexity index is 365. The van der Waals surface area contributed by atoms with E-state index in [2.05, 4.69) is 6.92 Å². The number of aliphatic hydroxyl groups is 1. The average molecular weight is 237 g/mol. The number of aliphatic hydroxyl groups excluding tert-OH is 1. The van der Waals surface area contributed by atoms with Crippen LogP contribution in [0.5, 0.6) is 0 Å². The Labute approximate surface area is 101 Å². The Morgan fingerprint density at radius 2 is 2.00 bits per heavy atom. The van der Waals surface area contributed by atoms with Crippen LogP contribution in [0.4, 0.5) is 5.69 Å². The van der Waals surface area contributed by atoms with E-state index in [1.807, 2.05) is 11.0 Å². The van der Waals surface area contributed by atoms with Gasteiger partial charge in [-0.05, 0) is 18.6 Å². The number of para-hydroxylation sites is 1. The second-order valence-corrected chi connectivity index (χ2v) is 3.89. The number of carbonyl (C=O) groups is 1. The molecule has 2 N–H and O–H groups in total. The van der Waals surface area contributed by atoms with Gasteiger partial charge in [-0.2, -0.15) is 0 Å². The molecule has 0 fully saturated rings. The first-order valence-corrected chi connectivity index (χ1v) is 5.88. The van der Waals surface area contributed by atoms with E-state index in [9.17, 15) is 4.79 Å². The summed E-state index contributed by atoms with van der Waals surface area (Å²) >= 11 is 0. The SMILES string of the molecule is CCCCN(CCO)c1ccccc1C(=O)O. The van der Waals surface area contributed by atoms with Crippen LogP contribution in [0.1, 0.15) is 30.1 Å². The number of carboxylic acid groups (broad SMARTS) is 1. The largest absolute Gasteiger partial charge is 0.478 e. The molecule has 0 aliphatic rings. The molecule has 0 radical (unpaired) electrons. The first-order chi connectivity index (χ1) is 8.20. The van der Waals surface area contributed by atoms with Gasteiger partial charge in [0.25, 0.3) is 0 Å². The molecule has 0 saturated carbocycles.